The molecule has 0 bridgehead atoms. The fourth-order valence-electron chi connectivity index (χ4n) is 2.09. The van der Waals surface area contributed by atoms with E-state index in [2.05, 4.69) is 15.8 Å². The van der Waals surface area contributed by atoms with Crippen LogP contribution in [0.2, 0.25) is 10.0 Å². The van der Waals surface area contributed by atoms with Crippen molar-refractivity contribution in [2.24, 2.45) is 5.10 Å². The molecule has 1 fully saturated rings. The van der Waals surface area contributed by atoms with Gasteiger partial charge in [-0.05, 0) is 44.1 Å². The summed E-state index contributed by atoms with van der Waals surface area (Å²) in [6.45, 7) is 3.17. The number of hydrogen-bond acceptors (Lipinski definition) is 4. The largest absolute Gasteiger partial charge is 0.506 e. The second-order valence-electron chi connectivity index (χ2n) is 4.94. The number of rotatable bonds is 4. The normalized spacial score (nSPS) is 18.3. The summed E-state index contributed by atoms with van der Waals surface area (Å²) in [5.74, 6) is -0.0626. The number of nitrogens with one attached hydrogen (secondary N) is 2. The van der Waals surface area contributed by atoms with E-state index in [-0.39, 0.29) is 16.9 Å². The zero-order valence-electron chi connectivity index (χ0n) is 12.0. The number of hydrazone groups is 1. The van der Waals surface area contributed by atoms with Gasteiger partial charge in [0, 0.05) is 23.7 Å². The minimum absolute atomic E-state index is 0.0626. The van der Waals surface area contributed by atoms with Crippen molar-refractivity contribution < 1.29 is 9.84 Å². The molecule has 22 heavy (non-hydrogen) atoms. The van der Waals surface area contributed by atoms with Gasteiger partial charge in [0.15, 0.2) is 5.11 Å². The Labute approximate surface area is 144 Å². The fraction of sp³-hybridized carbons (Fsp3) is 0.429. The van der Waals surface area contributed by atoms with Gasteiger partial charge in [0.05, 0.1) is 16.8 Å². The van der Waals surface area contributed by atoms with Gasteiger partial charge in [-0.25, -0.2) is 0 Å². The number of thiocarbonyl (C=S) groups is 1. The van der Waals surface area contributed by atoms with Gasteiger partial charge in [0.1, 0.15) is 5.75 Å². The number of benzene rings is 1. The number of hydrogen-bond donors (Lipinski definition) is 3. The molecule has 1 atom stereocenters. The minimum atomic E-state index is -0.0626. The van der Waals surface area contributed by atoms with E-state index in [4.69, 9.17) is 40.2 Å². The summed E-state index contributed by atoms with van der Waals surface area (Å²) in [6.07, 6.45) is 2.31. The lowest BCUT2D eigenvalue weighted by Crippen LogP contribution is -2.37. The van der Waals surface area contributed by atoms with Gasteiger partial charge in [0.25, 0.3) is 0 Å². The Hall–Kier alpha value is -1.08. The smallest absolute Gasteiger partial charge is 0.187 e. The van der Waals surface area contributed by atoms with Crippen LogP contribution < -0.4 is 10.7 Å². The Bertz CT molecular complexity index is 590. The van der Waals surface area contributed by atoms with Crippen molar-refractivity contribution in [1.82, 2.24) is 10.7 Å². The lowest BCUT2D eigenvalue weighted by atomic mass is 10.1. The standard InChI is InChI=1S/C14H17Cl2N3O2S/c1-8(11-5-9(15)6-12(16)13(11)20)18-19-14(22)17-7-10-3-2-4-21-10/h5-6,10,20H,2-4,7H2,1H3,(H2,17,19,22)/b18-8+/t10-/m1/s1. The average Bonchev–Trinajstić information content (AvgIpc) is 2.99. The molecule has 1 aromatic rings. The molecule has 0 radical (unpaired) electrons. The summed E-state index contributed by atoms with van der Waals surface area (Å²) in [5.41, 5.74) is 3.69. The lowest BCUT2D eigenvalue weighted by Gasteiger charge is -2.12. The van der Waals surface area contributed by atoms with Gasteiger partial charge < -0.3 is 15.2 Å². The topological polar surface area (TPSA) is 65.9 Å². The number of phenolic OH excluding ortho intramolecular Hbond substituents is 1. The second kappa shape index (κ2) is 7.97. The first-order valence-electron chi connectivity index (χ1n) is 6.85. The van der Waals surface area contributed by atoms with E-state index in [0.29, 0.717) is 28.0 Å². The SMILES string of the molecule is C/C(=N\NC(=S)NC[C@H]1CCCO1)c1cc(Cl)cc(Cl)c1O. The van der Waals surface area contributed by atoms with Crippen molar-refractivity contribution >= 4 is 46.2 Å². The molecule has 3 N–H and O–H groups in total. The first kappa shape index (κ1) is 17.3. The van der Waals surface area contributed by atoms with E-state index in [1.165, 1.54) is 6.07 Å². The quantitative estimate of drug-likeness (QED) is 0.437. The van der Waals surface area contributed by atoms with Crippen molar-refractivity contribution in [1.29, 1.82) is 0 Å². The number of nitrogens with zero attached hydrogens (tertiary/aromatic N) is 1. The zero-order chi connectivity index (χ0) is 16.1. The highest BCUT2D eigenvalue weighted by Crippen LogP contribution is 2.31. The molecule has 0 spiro atoms. The number of ether oxygens (including phenoxy) is 1. The van der Waals surface area contributed by atoms with E-state index in [9.17, 15) is 5.11 Å². The molecule has 1 heterocycles. The van der Waals surface area contributed by atoms with Gasteiger partial charge >= 0.3 is 0 Å². The monoisotopic (exact) mass is 361 g/mol. The van der Waals surface area contributed by atoms with Crippen molar-refractivity contribution in [3.05, 3.63) is 27.7 Å². The molecular weight excluding hydrogens is 345 g/mol. The molecule has 1 aliphatic heterocycles. The van der Waals surface area contributed by atoms with Crippen LogP contribution in [0.15, 0.2) is 17.2 Å². The number of halogens is 2. The molecule has 1 saturated heterocycles. The molecule has 8 heteroatoms. The highest BCUT2D eigenvalue weighted by Gasteiger charge is 2.15. The van der Waals surface area contributed by atoms with Gasteiger partial charge in [-0.3, -0.25) is 5.43 Å². The summed E-state index contributed by atoms with van der Waals surface area (Å²) in [5, 5.41) is 18.1. The van der Waals surface area contributed by atoms with E-state index < -0.39 is 0 Å². The molecule has 0 amide bonds. The van der Waals surface area contributed by atoms with Crippen LogP contribution in [0.4, 0.5) is 0 Å². The van der Waals surface area contributed by atoms with Crippen molar-refractivity contribution in [3.63, 3.8) is 0 Å². The summed E-state index contributed by atoms with van der Waals surface area (Å²) in [7, 11) is 0. The van der Waals surface area contributed by atoms with Gasteiger partial charge in [-0.2, -0.15) is 5.10 Å². The molecule has 0 unspecified atom stereocenters. The first-order valence-corrected chi connectivity index (χ1v) is 8.02. The minimum Gasteiger partial charge on any atom is -0.506 e. The maximum absolute atomic E-state index is 9.94. The van der Waals surface area contributed by atoms with Gasteiger partial charge in [-0.1, -0.05) is 23.2 Å². The Morgan fingerprint density at radius 3 is 2.95 bits per heavy atom. The molecule has 1 aliphatic rings. The Kier molecular flexibility index (Phi) is 6.26. The maximum atomic E-state index is 9.94. The van der Waals surface area contributed by atoms with E-state index in [0.717, 1.165) is 19.4 Å². The molecule has 0 aliphatic carbocycles. The molecular formula is C14H17Cl2N3O2S. The third kappa shape index (κ3) is 4.71. The molecule has 120 valence electrons. The van der Waals surface area contributed by atoms with E-state index in [1.807, 2.05) is 0 Å². The Morgan fingerprint density at radius 1 is 1.50 bits per heavy atom. The first-order chi connectivity index (χ1) is 10.5. The highest BCUT2D eigenvalue weighted by atomic mass is 35.5. The van der Waals surface area contributed by atoms with Crippen molar-refractivity contribution in [3.8, 4) is 5.75 Å². The highest BCUT2D eigenvalue weighted by molar-refractivity contribution is 7.80. The number of phenols is 1. The Balaban J connectivity index is 1.93. The van der Waals surface area contributed by atoms with Crippen LogP contribution in [0.25, 0.3) is 0 Å². The maximum Gasteiger partial charge on any atom is 0.187 e. The summed E-state index contributed by atoms with van der Waals surface area (Å²) < 4.78 is 5.49. The van der Waals surface area contributed by atoms with Crippen molar-refractivity contribution in [2.75, 3.05) is 13.2 Å². The third-order valence-corrected chi connectivity index (χ3v) is 4.00. The van der Waals surface area contributed by atoms with Gasteiger partial charge in [0.2, 0.25) is 0 Å². The van der Waals surface area contributed by atoms with Crippen LogP contribution in [0.3, 0.4) is 0 Å². The average molecular weight is 362 g/mol. The third-order valence-electron chi connectivity index (χ3n) is 3.26. The summed E-state index contributed by atoms with van der Waals surface area (Å²) in [4.78, 5) is 0. The van der Waals surface area contributed by atoms with Crippen LogP contribution in [0.5, 0.6) is 5.75 Å². The predicted molar refractivity (Wildman–Crippen MR) is 93.0 cm³/mol. The zero-order valence-corrected chi connectivity index (χ0v) is 14.4. The number of aromatic hydroxyl groups is 1. The lowest BCUT2D eigenvalue weighted by molar-refractivity contribution is 0.114. The molecule has 1 aromatic carbocycles. The second-order valence-corrected chi connectivity index (χ2v) is 6.19. The summed E-state index contributed by atoms with van der Waals surface area (Å²) in [6, 6.07) is 3.06. The van der Waals surface area contributed by atoms with Gasteiger partial charge in [-0.15, -0.1) is 0 Å². The van der Waals surface area contributed by atoms with Crippen LogP contribution in [-0.2, 0) is 4.74 Å². The summed E-state index contributed by atoms with van der Waals surface area (Å²) >= 11 is 17.0. The molecule has 5 nitrogen and oxygen atoms in total. The van der Waals surface area contributed by atoms with Crippen LogP contribution >= 0.6 is 35.4 Å². The molecule has 0 aromatic heterocycles. The fourth-order valence-corrected chi connectivity index (χ4v) is 2.71. The molecule has 2 rings (SSSR count). The van der Waals surface area contributed by atoms with E-state index in [1.54, 1.807) is 13.0 Å². The van der Waals surface area contributed by atoms with Crippen LogP contribution in [0.1, 0.15) is 25.3 Å². The van der Waals surface area contributed by atoms with Crippen molar-refractivity contribution in [2.45, 2.75) is 25.9 Å². The molecule has 0 saturated carbocycles. The van der Waals surface area contributed by atoms with Crippen LogP contribution in [-0.4, -0.2) is 35.2 Å². The van der Waals surface area contributed by atoms with E-state index >= 15 is 0 Å². The van der Waals surface area contributed by atoms with Crippen LogP contribution in [0, 0.1) is 0 Å². The predicted octanol–water partition coefficient (Wildman–Crippen LogP) is 3.07. The Morgan fingerprint density at radius 2 is 2.27 bits per heavy atom.